The Kier molecular flexibility index (Phi) is 3.72. The van der Waals surface area contributed by atoms with Gasteiger partial charge in [-0.2, -0.15) is 5.10 Å². The number of nitrogens with zero attached hydrogens (tertiary/aromatic N) is 5. The average Bonchev–Trinajstić information content (AvgIpc) is 3.03. The summed E-state index contributed by atoms with van der Waals surface area (Å²) in [6.07, 6.45) is 10.6. The van der Waals surface area contributed by atoms with Gasteiger partial charge >= 0.3 is 0 Å². The van der Waals surface area contributed by atoms with Crippen molar-refractivity contribution in [3.63, 3.8) is 0 Å². The molecule has 0 spiro atoms. The van der Waals surface area contributed by atoms with Crippen LogP contribution in [-0.2, 0) is 24.9 Å². The van der Waals surface area contributed by atoms with Crippen molar-refractivity contribution in [3.8, 4) is 0 Å². The standard InChI is InChI=1S/C16H23N5O/c1-19-6-14(4-18-19)7-20-8-15-5-17-12-21(15)16(9-20)11-22-10-13-2-3-13/h4-6,12-13,16H,2-3,7-11H2,1H3/t16-/m0/s1. The highest BCUT2D eigenvalue weighted by Gasteiger charge is 2.27. The Bertz CT molecular complexity index is 630. The van der Waals surface area contributed by atoms with Gasteiger partial charge in [0.2, 0.25) is 0 Å². The molecule has 6 heteroatoms. The Labute approximate surface area is 130 Å². The zero-order valence-corrected chi connectivity index (χ0v) is 13.1. The highest BCUT2D eigenvalue weighted by atomic mass is 16.5. The van der Waals surface area contributed by atoms with Crippen LogP contribution in [-0.4, -0.2) is 44.0 Å². The van der Waals surface area contributed by atoms with Crippen LogP contribution in [0.5, 0.6) is 0 Å². The summed E-state index contributed by atoms with van der Waals surface area (Å²) in [6.45, 7) is 4.57. The van der Waals surface area contributed by atoms with Gasteiger partial charge in [0, 0.05) is 51.2 Å². The van der Waals surface area contributed by atoms with Crippen LogP contribution in [0.3, 0.4) is 0 Å². The molecule has 0 radical (unpaired) electrons. The van der Waals surface area contributed by atoms with E-state index in [9.17, 15) is 0 Å². The van der Waals surface area contributed by atoms with E-state index in [0.717, 1.165) is 38.8 Å². The third-order valence-corrected chi connectivity index (χ3v) is 4.52. The number of aromatic nitrogens is 4. The number of ether oxygens (including phenoxy) is 1. The first-order chi connectivity index (χ1) is 10.8. The van der Waals surface area contributed by atoms with E-state index in [-0.39, 0.29) is 0 Å². The van der Waals surface area contributed by atoms with E-state index in [0.29, 0.717) is 6.04 Å². The lowest BCUT2D eigenvalue weighted by Gasteiger charge is -2.34. The highest BCUT2D eigenvalue weighted by Crippen LogP contribution is 2.29. The Morgan fingerprint density at radius 2 is 2.18 bits per heavy atom. The van der Waals surface area contributed by atoms with Crippen LogP contribution in [0.4, 0.5) is 0 Å². The molecular weight excluding hydrogens is 278 g/mol. The minimum Gasteiger partial charge on any atom is -0.379 e. The molecule has 1 saturated carbocycles. The molecular formula is C16H23N5O. The molecule has 2 aromatic heterocycles. The molecule has 0 saturated heterocycles. The largest absolute Gasteiger partial charge is 0.379 e. The molecule has 0 bridgehead atoms. The third kappa shape index (κ3) is 3.08. The van der Waals surface area contributed by atoms with Gasteiger partial charge in [-0.1, -0.05) is 0 Å². The lowest BCUT2D eigenvalue weighted by molar-refractivity contribution is 0.0623. The fourth-order valence-electron chi connectivity index (χ4n) is 3.18. The molecule has 118 valence electrons. The summed E-state index contributed by atoms with van der Waals surface area (Å²) >= 11 is 0. The second-order valence-electron chi connectivity index (χ2n) is 6.62. The van der Waals surface area contributed by atoms with Gasteiger partial charge in [0.05, 0.1) is 30.9 Å². The number of hydrogen-bond acceptors (Lipinski definition) is 4. The SMILES string of the molecule is Cn1cc(CN2Cc3cncn3[C@H](COCC3CC3)C2)cn1. The van der Waals surface area contributed by atoms with E-state index >= 15 is 0 Å². The van der Waals surface area contributed by atoms with Crippen molar-refractivity contribution in [1.29, 1.82) is 0 Å². The van der Waals surface area contributed by atoms with Crippen molar-refractivity contribution in [2.24, 2.45) is 13.0 Å². The second kappa shape index (κ2) is 5.85. The molecule has 6 nitrogen and oxygen atoms in total. The fraction of sp³-hybridized carbons (Fsp3) is 0.625. The van der Waals surface area contributed by atoms with Gasteiger partial charge in [0.1, 0.15) is 0 Å². The first-order valence-corrected chi connectivity index (χ1v) is 8.06. The zero-order chi connectivity index (χ0) is 14.9. The summed E-state index contributed by atoms with van der Waals surface area (Å²) in [5, 5.41) is 4.26. The average molecular weight is 301 g/mol. The van der Waals surface area contributed by atoms with Crippen molar-refractivity contribution in [1.82, 2.24) is 24.2 Å². The molecule has 0 N–H and O–H groups in total. The monoisotopic (exact) mass is 301 g/mol. The fourth-order valence-corrected chi connectivity index (χ4v) is 3.18. The number of hydrogen-bond donors (Lipinski definition) is 0. The van der Waals surface area contributed by atoms with Gasteiger partial charge in [0.15, 0.2) is 0 Å². The van der Waals surface area contributed by atoms with Gasteiger partial charge in [0.25, 0.3) is 0 Å². The van der Waals surface area contributed by atoms with Gasteiger partial charge in [-0.05, 0) is 18.8 Å². The van der Waals surface area contributed by atoms with Gasteiger partial charge in [-0.15, -0.1) is 0 Å². The minimum absolute atomic E-state index is 0.363. The molecule has 1 atom stereocenters. The van der Waals surface area contributed by atoms with Crippen LogP contribution < -0.4 is 0 Å². The summed E-state index contributed by atoms with van der Waals surface area (Å²) in [7, 11) is 1.96. The van der Waals surface area contributed by atoms with Gasteiger partial charge in [-0.3, -0.25) is 9.58 Å². The molecule has 4 rings (SSSR count). The maximum Gasteiger partial charge on any atom is 0.0952 e. The summed E-state index contributed by atoms with van der Waals surface area (Å²) in [4.78, 5) is 6.78. The summed E-state index contributed by atoms with van der Waals surface area (Å²) in [6, 6.07) is 0.363. The number of aryl methyl sites for hydroxylation is 1. The zero-order valence-electron chi connectivity index (χ0n) is 13.1. The van der Waals surface area contributed by atoms with Crippen LogP contribution in [0.25, 0.3) is 0 Å². The van der Waals surface area contributed by atoms with Crippen LogP contribution in [0.1, 0.15) is 30.1 Å². The topological polar surface area (TPSA) is 48.1 Å². The molecule has 2 aliphatic rings. The highest BCUT2D eigenvalue weighted by molar-refractivity contribution is 5.08. The molecule has 1 fully saturated rings. The Balaban J connectivity index is 1.41. The maximum absolute atomic E-state index is 5.93. The molecule has 1 aliphatic heterocycles. The van der Waals surface area contributed by atoms with E-state index in [2.05, 4.69) is 25.7 Å². The van der Waals surface area contributed by atoms with Crippen molar-refractivity contribution in [3.05, 3.63) is 36.2 Å². The minimum atomic E-state index is 0.363. The van der Waals surface area contributed by atoms with Crippen molar-refractivity contribution in [2.45, 2.75) is 32.0 Å². The second-order valence-corrected chi connectivity index (χ2v) is 6.62. The van der Waals surface area contributed by atoms with E-state index in [1.807, 2.05) is 30.5 Å². The lowest BCUT2D eigenvalue weighted by Crippen LogP contribution is -2.38. The van der Waals surface area contributed by atoms with Crippen molar-refractivity contribution in [2.75, 3.05) is 19.8 Å². The van der Waals surface area contributed by atoms with Crippen molar-refractivity contribution < 1.29 is 4.74 Å². The summed E-state index contributed by atoms with van der Waals surface area (Å²) in [5.74, 6) is 0.817. The van der Waals surface area contributed by atoms with Crippen LogP contribution in [0, 0.1) is 5.92 Å². The molecule has 2 aromatic rings. The molecule has 1 aliphatic carbocycles. The van der Waals surface area contributed by atoms with E-state index in [4.69, 9.17) is 4.74 Å². The summed E-state index contributed by atoms with van der Waals surface area (Å²) < 4.78 is 10.1. The smallest absolute Gasteiger partial charge is 0.0952 e. The Hall–Kier alpha value is -1.66. The van der Waals surface area contributed by atoms with E-state index in [1.165, 1.54) is 24.1 Å². The predicted octanol–water partition coefficient (Wildman–Crippen LogP) is 1.60. The van der Waals surface area contributed by atoms with E-state index in [1.54, 1.807) is 0 Å². The summed E-state index contributed by atoms with van der Waals surface area (Å²) in [5.41, 5.74) is 2.53. The molecule has 0 unspecified atom stereocenters. The first kappa shape index (κ1) is 14.0. The first-order valence-electron chi connectivity index (χ1n) is 8.06. The molecule has 3 heterocycles. The van der Waals surface area contributed by atoms with Crippen LogP contribution in [0.15, 0.2) is 24.9 Å². The van der Waals surface area contributed by atoms with Gasteiger partial charge < -0.3 is 9.30 Å². The van der Waals surface area contributed by atoms with Crippen LogP contribution >= 0.6 is 0 Å². The lowest BCUT2D eigenvalue weighted by atomic mass is 10.2. The van der Waals surface area contributed by atoms with E-state index < -0.39 is 0 Å². The predicted molar refractivity (Wildman–Crippen MR) is 82.1 cm³/mol. The normalized spacial score (nSPS) is 22.0. The Morgan fingerprint density at radius 3 is 2.95 bits per heavy atom. The number of fused-ring (bicyclic) bond motifs is 1. The van der Waals surface area contributed by atoms with Gasteiger partial charge in [-0.25, -0.2) is 4.98 Å². The maximum atomic E-state index is 5.93. The molecule has 22 heavy (non-hydrogen) atoms. The molecule has 0 aromatic carbocycles. The quantitative estimate of drug-likeness (QED) is 0.813. The number of rotatable bonds is 6. The third-order valence-electron chi connectivity index (χ3n) is 4.52. The number of imidazole rings is 1. The molecule has 0 amide bonds. The van der Waals surface area contributed by atoms with Crippen LogP contribution in [0.2, 0.25) is 0 Å². The van der Waals surface area contributed by atoms with Crippen molar-refractivity contribution >= 4 is 0 Å². The Morgan fingerprint density at radius 1 is 1.27 bits per heavy atom.